The highest BCUT2D eigenvalue weighted by Crippen LogP contribution is 2.32. The third-order valence-electron chi connectivity index (χ3n) is 7.26. The van der Waals surface area contributed by atoms with Gasteiger partial charge in [0.05, 0.1) is 17.2 Å². The zero-order valence-corrected chi connectivity index (χ0v) is 26.8. The molecule has 10 heteroatoms. The van der Waals surface area contributed by atoms with Crippen molar-refractivity contribution in [3.63, 3.8) is 0 Å². The van der Waals surface area contributed by atoms with E-state index >= 15 is 0 Å². The fourth-order valence-corrected chi connectivity index (χ4v) is 6.35. The number of rotatable bonds is 16. The Morgan fingerprint density at radius 2 is 1.57 bits per heavy atom. The van der Waals surface area contributed by atoms with E-state index < -0.39 is 10.0 Å². The van der Waals surface area contributed by atoms with Gasteiger partial charge in [-0.2, -0.15) is 4.63 Å². The van der Waals surface area contributed by atoms with E-state index in [0.717, 1.165) is 18.5 Å². The van der Waals surface area contributed by atoms with Gasteiger partial charge < -0.3 is 4.74 Å². The van der Waals surface area contributed by atoms with Gasteiger partial charge in [0, 0.05) is 16.7 Å². The molecule has 4 rings (SSSR count). The molecule has 0 aliphatic carbocycles. The number of aromatic nitrogens is 4. The number of anilines is 1. The van der Waals surface area contributed by atoms with Crippen molar-refractivity contribution in [1.82, 2.24) is 19.8 Å². The van der Waals surface area contributed by atoms with Crippen LogP contribution in [0.3, 0.4) is 0 Å². The Labute approximate surface area is 255 Å². The van der Waals surface area contributed by atoms with Crippen molar-refractivity contribution in [2.45, 2.75) is 102 Å². The van der Waals surface area contributed by atoms with E-state index in [0.29, 0.717) is 40.1 Å². The standard InChI is InChI=1S/C32H44ClN5O3S/c1-5-6-7-8-9-10-11-12-13-14-22-41-26-18-20-27(21-19-26)42(39,40)37-25-17-15-16-24(23-25)30-34-31-28(33)29(32(2,3)4)35-38(31)36-30/h15-21,23,35,37H,5-14,22H2,1-4H3. The lowest BCUT2D eigenvalue weighted by Crippen LogP contribution is -2.13. The van der Waals surface area contributed by atoms with Crippen LogP contribution in [0.4, 0.5) is 5.69 Å². The minimum Gasteiger partial charge on any atom is -0.494 e. The smallest absolute Gasteiger partial charge is 0.261 e. The molecule has 4 aromatic rings. The second-order valence-electron chi connectivity index (χ2n) is 11.9. The fourth-order valence-electron chi connectivity index (χ4n) is 4.85. The van der Waals surface area contributed by atoms with Crippen LogP contribution in [0.15, 0.2) is 53.4 Å². The summed E-state index contributed by atoms with van der Waals surface area (Å²) in [5, 5.41) is 8.24. The molecule has 2 heterocycles. The summed E-state index contributed by atoms with van der Waals surface area (Å²) in [7, 11) is -3.80. The molecule has 0 saturated carbocycles. The molecule has 0 radical (unpaired) electrons. The van der Waals surface area contributed by atoms with Crippen molar-refractivity contribution in [2.75, 3.05) is 11.3 Å². The number of benzene rings is 2. The van der Waals surface area contributed by atoms with Gasteiger partial charge in [-0.05, 0) is 42.8 Å². The van der Waals surface area contributed by atoms with Crippen LogP contribution < -0.4 is 9.46 Å². The van der Waals surface area contributed by atoms with E-state index in [1.165, 1.54) is 51.4 Å². The van der Waals surface area contributed by atoms with Gasteiger partial charge >= 0.3 is 0 Å². The molecule has 0 bridgehead atoms. The highest BCUT2D eigenvalue weighted by Gasteiger charge is 2.24. The number of halogens is 1. The van der Waals surface area contributed by atoms with E-state index in [1.807, 2.05) is 6.07 Å². The highest BCUT2D eigenvalue weighted by atomic mass is 35.5. The summed E-state index contributed by atoms with van der Waals surface area (Å²) in [6.45, 7) is 9.05. The second kappa shape index (κ2) is 14.4. The second-order valence-corrected chi connectivity index (χ2v) is 14.0. The van der Waals surface area contributed by atoms with Crippen LogP contribution in [0.25, 0.3) is 17.0 Å². The molecule has 0 unspecified atom stereocenters. The summed E-state index contributed by atoms with van der Waals surface area (Å²) in [5.41, 5.74) is 2.26. The molecule has 228 valence electrons. The predicted molar refractivity (Wildman–Crippen MR) is 171 cm³/mol. The predicted octanol–water partition coefficient (Wildman–Crippen LogP) is 8.78. The van der Waals surface area contributed by atoms with Crippen LogP contribution in [0.1, 0.15) is 97.6 Å². The van der Waals surface area contributed by atoms with Gasteiger partial charge in [-0.1, -0.05) is 109 Å². The molecule has 0 aliphatic heterocycles. The first-order valence-electron chi connectivity index (χ1n) is 15.1. The lowest BCUT2D eigenvalue weighted by Gasteiger charge is -2.16. The van der Waals surface area contributed by atoms with E-state index in [4.69, 9.17) is 16.3 Å². The van der Waals surface area contributed by atoms with Crippen molar-refractivity contribution < 1.29 is 13.2 Å². The SMILES string of the molecule is CCCCCCCCCCCCOc1ccc(S(=O)(=O)Nc2cccc(-c3nc4c(Cl)c(C(C)(C)C)[nH]n4n3)c2)cc1. The third kappa shape index (κ3) is 8.51. The maximum Gasteiger partial charge on any atom is 0.261 e. The Morgan fingerprint density at radius 1 is 0.929 bits per heavy atom. The molecular formula is C32H44ClN5O3S. The quantitative estimate of drug-likeness (QED) is 0.123. The number of aromatic amines is 1. The Bertz CT molecular complexity index is 1540. The van der Waals surface area contributed by atoms with Crippen LogP contribution in [0.5, 0.6) is 5.75 Å². The number of hydrogen-bond acceptors (Lipinski definition) is 5. The molecule has 0 saturated heterocycles. The Balaban J connectivity index is 1.28. The monoisotopic (exact) mass is 613 g/mol. The Morgan fingerprint density at radius 3 is 2.19 bits per heavy atom. The van der Waals surface area contributed by atoms with Crippen LogP contribution in [0.2, 0.25) is 5.02 Å². The van der Waals surface area contributed by atoms with Gasteiger partial charge in [0.1, 0.15) is 10.8 Å². The van der Waals surface area contributed by atoms with Crippen molar-refractivity contribution in [1.29, 1.82) is 0 Å². The first-order valence-corrected chi connectivity index (χ1v) is 17.0. The van der Waals surface area contributed by atoms with Crippen LogP contribution in [0, 0.1) is 0 Å². The first kappa shape index (κ1) is 31.9. The minimum absolute atomic E-state index is 0.161. The maximum atomic E-state index is 13.1. The minimum atomic E-state index is -3.80. The number of fused-ring (bicyclic) bond motifs is 1. The zero-order chi connectivity index (χ0) is 30.2. The lowest BCUT2D eigenvalue weighted by molar-refractivity contribution is 0.304. The first-order chi connectivity index (χ1) is 20.1. The van der Waals surface area contributed by atoms with Crippen molar-refractivity contribution in [2.24, 2.45) is 0 Å². The topological polar surface area (TPSA) is 101 Å². The normalized spacial score (nSPS) is 12.2. The van der Waals surface area contributed by atoms with Crippen molar-refractivity contribution in [3.05, 3.63) is 59.2 Å². The molecule has 2 N–H and O–H groups in total. The number of nitrogens with zero attached hydrogens (tertiary/aromatic N) is 3. The molecule has 0 aliphatic rings. The number of H-pyrrole nitrogens is 1. The summed E-state index contributed by atoms with van der Waals surface area (Å²) >= 11 is 6.56. The largest absolute Gasteiger partial charge is 0.494 e. The molecule has 8 nitrogen and oxygen atoms in total. The summed E-state index contributed by atoms with van der Waals surface area (Å²) in [4.78, 5) is 4.74. The van der Waals surface area contributed by atoms with E-state index in [-0.39, 0.29) is 10.3 Å². The average molecular weight is 614 g/mol. The number of ether oxygens (including phenoxy) is 1. The molecule has 0 fully saturated rings. The summed E-state index contributed by atoms with van der Waals surface area (Å²) < 4.78 is 36.2. The number of hydrogen-bond donors (Lipinski definition) is 2. The summed E-state index contributed by atoms with van der Waals surface area (Å²) in [6.07, 6.45) is 12.7. The van der Waals surface area contributed by atoms with Gasteiger partial charge in [-0.15, -0.1) is 5.10 Å². The van der Waals surface area contributed by atoms with Crippen LogP contribution in [-0.4, -0.2) is 34.8 Å². The molecule has 2 aromatic heterocycles. The molecular weight excluding hydrogens is 570 g/mol. The van der Waals surface area contributed by atoms with Gasteiger partial charge in [0.15, 0.2) is 11.5 Å². The highest BCUT2D eigenvalue weighted by molar-refractivity contribution is 7.92. The van der Waals surface area contributed by atoms with Crippen LogP contribution in [-0.2, 0) is 15.4 Å². The molecule has 2 aromatic carbocycles. The molecule has 0 spiro atoms. The fraction of sp³-hybridized carbons (Fsp3) is 0.500. The van der Waals surface area contributed by atoms with Gasteiger partial charge in [-0.3, -0.25) is 9.82 Å². The van der Waals surface area contributed by atoms with E-state index in [1.54, 1.807) is 47.1 Å². The maximum absolute atomic E-state index is 13.1. The lowest BCUT2D eigenvalue weighted by atomic mass is 9.92. The van der Waals surface area contributed by atoms with Gasteiger partial charge in [-0.25, -0.2) is 13.4 Å². The number of nitrogens with one attached hydrogen (secondary N) is 2. The van der Waals surface area contributed by atoms with Gasteiger partial charge in [0.2, 0.25) is 0 Å². The Hall–Kier alpha value is -3.04. The molecule has 42 heavy (non-hydrogen) atoms. The zero-order valence-electron chi connectivity index (χ0n) is 25.2. The number of unbranched alkanes of at least 4 members (excludes halogenated alkanes) is 9. The Kier molecular flexibility index (Phi) is 11.0. The summed E-state index contributed by atoms with van der Waals surface area (Å²) in [5.74, 6) is 1.11. The van der Waals surface area contributed by atoms with Gasteiger partial charge in [0.25, 0.3) is 10.0 Å². The van der Waals surface area contributed by atoms with E-state index in [2.05, 4.69) is 47.6 Å². The molecule has 0 atom stereocenters. The van der Waals surface area contributed by atoms with Crippen molar-refractivity contribution in [3.8, 4) is 17.1 Å². The summed E-state index contributed by atoms with van der Waals surface area (Å²) in [6, 6.07) is 13.5. The van der Waals surface area contributed by atoms with Crippen LogP contribution >= 0.6 is 11.6 Å². The van der Waals surface area contributed by atoms with E-state index in [9.17, 15) is 8.42 Å². The average Bonchev–Trinajstić information content (AvgIpc) is 3.51. The third-order valence-corrected chi connectivity index (χ3v) is 9.02. The number of sulfonamides is 1. The molecule has 0 amide bonds. The van der Waals surface area contributed by atoms with Crippen molar-refractivity contribution >= 4 is 33.0 Å².